The predicted molar refractivity (Wildman–Crippen MR) is 78.5 cm³/mol. The van der Waals surface area contributed by atoms with Crippen LogP contribution in [0.15, 0.2) is 0 Å². The highest BCUT2D eigenvalue weighted by molar-refractivity contribution is 4.91. The van der Waals surface area contributed by atoms with Crippen molar-refractivity contribution >= 4 is 0 Å². The number of hydrogen-bond donors (Lipinski definition) is 0. The van der Waals surface area contributed by atoms with Gasteiger partial charge in [-0.1, -0.05) is 13.3 Å². The molecule has 0 heterocycles. The summed E-state index contributed by atoms with van der Waals surface area (Å²) in [5, 5.41) is 8.95. The average Bonchev–Trinajstić information content (AvgIpc) is 2.31. The van der Waals surface area contributed by atoms with Gasteiger partial charge in [0.1, 0.15) is 0 Å². The lowest BCUT2D eigenvalue weighted by Gasteiger charge is -2.22. The van der Waals surface area contributed by atoms with E-state index in [2.05, 4.69) is 36.9 Å². The zero-order chi connectivity index (χ0) is 14.0. The minimum absolute atomic E-state index is 0.151. The van der Waals surface area contributed by atoms with Crippen LogP contribution in [0.2, 0.25) is 0 Å². The predicted octanol–water partition coefficient (Wildman–Crippen LogP) is 2.98. The Morgan fingerprint density at radius 2 is 1.61 bits per heavy atom. The molecule has 0 aliphatic carbocycles. The van der Waals surface area contributed by atoms with Crippen molar-refractivity contribution in [1.29, 1.82) is 5.26 Å². The standard InChI is InChI=1S/C15H31N3/c1-6-18(13-9-11-17(4)5)12-8-7-10-15(2,3)14-16/h6-13H2,1-5H3. The lowest BCUT2D eigenvalue weighted by molar-refractivity contribution is 0.257. The second-order valence-electron chi connectivity index (χ2n) is 6.04. The second-order valence-corrected chi connectivity index (χ2v) is 6.04. The van der Waals surface area contributed by atoms with Gasteiger partial charge in [-0.2, -0.15) is 5.26 Å². The fraction of sp³-hybridized carbons (Fsp3) is 0.933. The maximum atomic E-state index is 8.95. The van der Waals surface area contributed by atoms with E-state index in [9.17, 15) is 0 Å². The SMILES string of the molecule is CCN(CCCCC(C)(C)C#N)CCCN(C)C. The molecule has 0 aliphatic rings. The molecule has 0 aromatic rings. The Kier molecular flexibility index (Phi) is 9.05. The summed E-state index contributed by atoms with van der Waals surface area (Å²) in [5.41, 5.74) is -0.151. The molecule has 0 rings (SSSR count). The summed E-state index contributed by atoms with van der Waals surface area (Å²) in [4.78, 5) is 4.76. The molecule has 0 bridgehead atoms. The summed E-state index contributed by atoms with van der Waals surface area (Å²) in [7, 11) is 4.25. The van der Waals surface area contributed by atoms with Gasteiger partial charge in [0.05, 0.1) is 11.5 Å². The van der Waals surface area contributed by atoms with Crippen LogP contribution in [0.25, 0.3) is 0 Å². The molecule has 0 saturated carbocycles. The van der Waals surface area contributed by atoms with Crippen molar-refractivity contribution in [3.63, 3.8) is 0 Å². The van der Waals surface area contributed by atoms with Crippen LogP contribution >= 0.6 is 0 Å². The molecule has 0 atom stereocenters. The summed E-state index contributed by atoms with van der Waals surface area (Å²) in [6.45, 7) is 11.0. The monoisotopic (exact) mass is 253 g/mol. The van der Waals surface area contributed by atoms with E-state index < -0.39 is 0 Å². The molecule has 3 nitrogen and oxygen atoms in total. The summed E-state index contributed by atoms with van der Waals surface area (Å²) >= 11 is 0. The van der Waals surface area contributed by atoms with E-state index in [1.807, 2.05) is 13.8 Å². The van der Waals surface area contributed by atoms with E-state index in [4.69, 9.17) is 5.26 Å². The Balaban J connectivity index is 3.65. The molecule has 0 fully saturated rings. The Morgan fingerprint density at radius 3 is 2.11 bits per heavy atom. The van der Waals surface area contributed by atoms with Gasteiger partial charge in [0.15, 0.2) is 0 Å². The molecule has 0 unspecified atom stereocenters. The number of nitrogens with zero attached hydrogens (tertiary/aromatic N) is 3. The van der Waals surface area contributed by atoms with E-state index >= 15 is 0 Å². The minimum atomic E-state index is -0.151. The summed E-state index contributed by atoms with van der Waals surface area (Å²) in [6, 6.07) is 2.37. The number of rotatable bonds is 10. The van der Waals surface area contributed by atoms with Crippen LogP contribution in [0.1, 0.15) is 46.5 Å². The van der Waals surface area contributed by atoms with Crippen LogP contribution in [0.4, 0.5) is 0 Å². The van der Waals surface area contributed by atoms with E-state index in [0.717, 1.165) is 25.9 Å². The van der Waals surface area contributed by atoms with Crippen molar-refractivity contribution in [2.75, 3.05) is 40.3 Å². The molecule has 0 aliphatic heterocycles. The summed E-state index contributed by atoms with van der Waals surface area (Å²) in [6.07, 6.45) is 4.62. The summed E-state index contributed by atoms with van der Waals surface area (Å²) in [5.74, 6) is 0. The number of unbranched alkanes of at least 4 members (excludes halogenated alkanes) is 1. The maximum Gasteiger partial charge on any atom is 0.0683 e. The van der Waals surface area contributed by atoms with Crippen LogP contribution in [-0.4, -0.2) is 50.1 Å². The largest absolute Gasteiger partial charge is 0.309 e. The lowest BCUT2D eigenvalue weighted by Crippen LogP contribution is -2.28. The van der Waals surface area contributed by atoms with Crippen molar-refractivity contribution in [3.05, 3.63) is 0 Å². The van der Waals surface area contributed by atoms with E-state index in [1.165, 1.54) is 25.9 Å². The third-order valence-corrected chi connectivity index (χ3v) is 3.36. The molecule has 18 heavy (non-hydrogen) atoms. The van der Waals surface area contributed by atoms with Crippen LogP contribution in [0.3, 0.4) is 0 Å². The van der Waals surface area contributed by atoms with Crippen LogP contribution in [-0.2, 0) is 0 Å². The second kappa shape index (κ2) is 9.35. The van der Waals surface area contributed by atoms with Gasteiger partial charge in [0, 0.05) is 0 Å². The Morgan fingerprint density at radius 1 is 1.00 bits per heavy atom. The first-order valence-electron chi connectivity index (χ1n) is 7.19. The number of nitriles is 1. The highest BCUT2D eigenvalue weighted by Gasteiger charge is 2.15. The molecule has 3 heteroatoms. The molecule has 0 spiro atoms. The van der Waals surface area contributed by atoms with Gasteiger partial charge in [-0.05, 0) is 73.4 Å². The molecule has 106 valence electrons. The molecule has 0 radical (unpaired) electrons. The highest BCUT2D eigenvalue weighted by Crippen LogP contribution is 2.21. The summed E-state index contributed by atoms with van der Waals surface area (Å²) < 4.78 is 0. The molecule has 0 amide bonds. The van der Waals surface area contributed by atoms with Gasteiger partial charge in [0.2, 0.25) is 0 Å². The third kappa shape index (κ3) is 9.44. The normalized spacial score (nSPS) is 12.1. The fourth-order valence-electron chi connectivity index (χ4n) is 2.00. The minimum Gasteiger partial charge on any atom is -0.309 e. The zero-order valence-corrected chi connectivity index (χ0v) is 13.0. The van der Waals surface area contributed by atoms with Crippen molar-refractivity contribution in [2.45, 2.75) is 46.5 Å². The molecule has 0 N–H and O–H groups in total. The average molecular weight is 253 g/mol. The van der Waals surface area contributed by atoms with Gasteiger partial charge in [-0.15, -0.1) is 0 Å². The van der Waals surface area contributed by atoms with Gasteiger partial charge in [-0.3, -0.25) is 0 Å². The van der Waals surface area contributed by atoms with Gasteiger partial charge < -0.3 is 9.80 Å². The van der Waals surface area contributed by atoms with Gasteiger partial charge in [-0.25, -0.2) is 0 Å². The van der Waals surface area contributed by atoms with E-state index in [1.54, 1.807) is 0 Å². The van der Waals surface area contributed by atoms with Crippen LogP contribution in [0, 0.1) is 16.7 Å². The van der Waals surface area contributed by atoms with Gasteiger partial charge >= 0.3 is 0 Å². The molecule has 0 aromatic heterocycles. The van der Waals surface area contributed by atoms with Crippen molar-refractivity contribution in [1.82, 2.24) is 9.80 Å². The number of hydrogen-bond acceptors (Lipinski definition) is 3. The van der Waals surface area contributed by atoms with Crippen LogP contribution < -0.4 is 0 Å². The lowest BCUT2D eigenvalue weighted by atomic mass is 9.89. The van der Waals surface area contributed by atoms with Gasteiger partial charge in [0.25, 0.3) is 0 Å². The Bertz CT molecular complexity index is 241. The third-order valence-electron chi connectivity index (χ3n) is 3.36. The quantitative estimate of drug-likeness (QED) is 0.561. The topological polar surface area (TPSA) is 30.3 Å². The first kappa shape index (κ1) is 17.4. The van der Waals surface area contributed by atoms with Crippen molar-refractivity contribution in [3.8, 4) is 6.07 Å². The van der Waals surface area contributed by atoms with Crippen molar-refractivity contribution in [2.24, 2.45) is 5.41 Å². The molecule has 0 aromatic carbocycles. The maximum absolute atomic E-state index is 8.95. The first-order valence-corrected chi connectivity index (χ1v) is 7.19. The van der Waals surface area contributed by atoms with E-state index in [0.29, 0.717) is 0 Å². The Hall–Kier alpha value is -0.590. The molecular weight excluding hydrogens is 222 g/mol. The van der Waals surface area contributed by atoms with E-state index in [-0.39, 0.29) is 5.41 Å². The van der Waals surface area contributed by atoms with Crippen molar-refractivity contribution < 1.29 is 0 Å². The molecular formula is C15H31N3. The van der Waals surface area contributed by atoms with Crippen LogP contribution in [0.5, 0.6) is 0 Å². The smallest absolute Gasteiger partial charge is 0.0683 e. The Labute approximate surface area is 114 Å². The molecule has 0 saturated heterocycles. The fourth-order valence-corrected chi connectivity index (χ4v) is 2.00. The first-order chi connectivity index (χ1) is 8.41. The highest BCUT2D eigenvalue weighted by atomic mass is 15.1. The zero-order valence-electron chi connectivity index (χ0n) is 13.0.